The van der Waals surface area contributed by atoms with E-state index < -0.39 is 0 Å². The highest BCUT2D eigenvalue weighted by atomic mass is 15.1. The second-order valence-electron chi connectivity index (χ2n) is 2.87. The van der Waals surface area contributed by atoms with E-state index in [0.717, 1.165) is 13.1 Å². The van der Waals surface area contributed by atoms with Gasteiger partial charge in [-0.25, -0.2) is 0 Å². The summed E-state index contributed by atoms with van der Waals surface area (Å²) >= 11 is 0. The molecule has 0 atom stereocenters. The normalized spacial score (nSPS) is 11.8. The number of hydrogen-bond acceptors (Lipinski definition) is 2. The molecule has 0 saturated carbocycles. The van der Waals surface area contributed by atoms with Gasteiger partial charge >= 0.3 is 0 Å². The zero-order valence-electron chi connectivity index (χ0n) is 9.45. The van der Waals surface area contributed by atoms with E-state index >= 15 is 0 Å². The van der Waals surface area contributed by atoms with Crippen LogP contribution in [0.4, 0.5) is 0 Å². The Hall–Kier alpha value is -1.31. The van der Waals surface area contributed by atoms with Crippen LogP contribution >= 0.6 is 0 Å². The number of likely N-dealkylation sites (N-methyl/N-ethyl adjacent to an activating group) is 1. The summed E-state index contributed by atoms with van der Waals surface area (Å²) in [6.07, 6.45) is 5.98. The Bertz CT molecular complexity index is 245. The van der Waals surface area contributed by atoms with Crippen molar-refractivity contribution >= 4 is 6.72 Å². The summed E-state index contributed by atoms with van der Waals surface area (Å²) in [7, 11) is 0. The molecule has 0 aromatic rings. The van der Waals surface area contributed by atoms with Crippen molar-refractivity contribution in [1.82, 2.24) is 4.90 Å². The standard InChI is InChI=1S/C12H20N2/c1-6-12(14(7-2)8-3)10-9-11(4)13-5/h6,9-10H,4-5,7-8H2,1-3H3/b10-9-,12-6+. The van der Waals surface area contributed by atoms with E-state index in [4.69, 9.17) is 0 Å². The Morgan fingerprint density at radius 3 is 2.21 bits per heavy atom. The predicted octanol–water partition coefficient (Wildman–Crippen LogP) is 3.00. The summed E-state index contributed by atoms with van der Waals surface area (Å²) in [5.41, 5.74) is 1.89. The maximum atomic E-state index is 3.73. The third-order valence-corrected chi connectivity index (χ3v) is 2.07. The van der Waals surface area contributed by atoms with Gasteiger partial charge in [0.15, 0.2) is 0 Å². The molecule has 78 valence electrons. The molecule has 0 radical (unpaired) electrons. The number of hydrogen-bond donors (Lipinski definition) is 0. The molecule has 2 heteroatoms. The highest BCUT2D eigenvalue weighted by Crippen LogP contribution is 2.07. The van der Waals surface area contributed by atoms with Crippen molar-refractivity contribution in [3.8, 4) is 0 Å². The van der Waals surface area contributed by atoms with Gasteiger partial charge in [0.25, 0.3) is 0 Å². The second kappa shape index (κ2) is 7.13. The quantitative estimate of drug-likeness (QED) is 0.466. The van der Waals surface area contributed by atoms with Gasteiger partial charge in [0.05, 0.1) is 5.70 Å². The van der Waals surface area contributed by atoms with Gasteiger partial charge in [-0.2, -0.15) is 0 Å². The summed E-state index contributed by atoms with van der Waals surface area (Å²) in [4.78, 5) is 6.00. The van der Waals surface area contributed by atoms with Crippen LogP contribution in [0, 0.1) is 0 Å². The van der Waals surface area contributed by atoms with Gasteiger partial charge in [-0.15, -0.1) is 0 Å². The fraction of sp³-hybridized carbons (Fsp3) is 0.417. The minimum absolute atomic E-state index is 0.691. The molecule has 0 aromatic heterocycles. The predicted molar refractivity (Wildman–Crippen MR) is 64.5 cm³/mol. The lowest BCUT2D eigenvalue weighted by Crippen LogP contribution is -2.20. The van der Waals surface area contributed by atoms with Crippen LogP contribution in [0.2, 0.25) is 0 Å². The minimum Gasteiger partial charge on any atom is -0.372 e. The molecule has 0 bridgehead atoms. The lowest BCUT2D eigenvalue weighted by molar-refractivity contribution is 0.394. The van der Waals surface area contributed by atoms with Crippen molar-refractivity contribution in [2.24, 2.45) is 4.99 Å². The lowest BCUT2D eigenvalue weighted by Gasteiger charge is -2.21. The molecule has 2 nitrogen and oxygen atoms in total. The van der Waals surface area contributed by atoms with E-state index in [1.165, 1.54) is 5.70 Å². The molecule has 0 unspecified atom stereocenters. The van der Waals surface area contributed by atoms with Crippen LogP contribution in [-0.4, -0.2) is 24.7 Å². The summed E-state index contributed by atoms with van der Waals surface area (Å²) in [6.45, 7) is 15.5. The average molecular weight is 192 g/mol. The smallest absolute Gasteiger partial charge is 0.0551 e. The van der Waals surface area contributed by atoms with Crippen LogP contribution in [-0.2, 0) is 0 Å². The number of rotatable bonds is 6. The van der Waals surface area contributed by atoms with Crippen LogP contribution in [0.1, 0.15) is 20.8 Å². The Kier molecular flexibility index (Phi) is 6.46. The van der Waals surface area contributed by atoms with E-state index in [2.05, 4.69) is 43.1 Å². The van der Waals surface area contributed by atoms with Crippen molar-refractivity contribution in [3.05, 3.63) is 36.2 Å². The minimum atomic E-state index is 0.691. The molecule has 0 aliphatic rings. The van der Waals surface area contributed by atoms with E-state index in [1.54, 1.807) is 0 Å². The van der Waals surface area contributed by atoms with Crippen molar-refractivity contribution in [1.29, 1.82) is 0 Å². The van der Waals surface area contributed by atoms with Crippen molar-refractivity contribution in [3.63, 3.8) is 0 Å². The summed E-state index contributed by atoms with van der Waals surface area (Å²) < 4.78 is 0. The Morgan fingerprint density at radius 2 is 1.86 bits per heavy atom. The van der Waals surface area contributed by atoms with E-state index in [-0.39, 0.29) is 0 Å². The molecule has 0 N–H and O–H groups in total. The summed E-state index contributed by atoms with van der Waals surface area (Å²) in [5, 5.41) is 0. The van der Waals surface area contributed by atoms with Gasteiger partial charge < -0.3 is 4.90 Å². The molecule has 0 aromatic carbocycles. The molecule has 0 rings (SSSR count). The average Bonchev–Trinajstić information content (AvgIpc) is 2.23. The largest absolute Gasteiger partial charge is 0.372 e. The van der Waals surface area contributed by atoms with Gasteiger partial charge in [0.2, 0.25) is 0 Å². The first kappa shape index (κ1) is 12.7. The maximum absolute atomic E-state index is 3.73. The molecule has 0 fully saturated rings. The van der Waals surface area contributed by atoms with Crippen molar-refractivity contribution in [2.45, 2.75) is 20.8 Å². The number of allylic oxidation sites excluding steroid dienone is 3. The van der Waals surface area contributed by atoms with Gasteiger partial charge in [-0.3, -0.25) is 4.99 Å². The van der Waals surface area contributed by atoms with Crippen LogP contribution in [0.5, 0.6) is 0 Å². The van der Waals surface area contributed by atoms with E-state index in [1.807, 2.05) is 19.1 Å². The van der Waals surface area contributed by atoms with Gasteiger partial charge in [0.1, 0.15) is 0 Å². The van der Waals surface area contributed by atoms with Gasteiger partial charge in [-0.1, -0.05) is 12.7 Å². The maximum Gasteiger partial charge on any atom is 0.0551 e. The van der Waals surface area contributed by atoms with Crippen molar-refractivity contribution in [2.75, 3.05) is 13.1 Å². The highest BCUT2D eigenvalue weighted by molar-refractivity contribution is 5.33. The Labute approximate surface area is 87.3 Å². The molecule has 0 aliphatic carbocycles. The molecule has 0 spiro atoms. The van der Waals surface area contributed by atoms with Crippen LogP contribution in [0.15, 0.2) is 41.2 Å². The summed E-state index contributed by atoms with van der Waals surface area (Å²) in [5.74, 6) is 0. The van der Waals surface area contributed by atoms with Crippen LogP contribution < -0.4 is 0 Å². The second-order valence-corrected chi connectivity index (χ2v) is 2.87. The molecule has 0 aliphatic heterocycles. The number of nitrogens with zero attached hydrogens (tertiary/aromatic N) is 2. The molecule has 0 heterocycles. The third-order valence-electron chi connectivity index (χ3n) is 2.07. The summed E-state index contributed by atoms with van der Waals surface area (Å²) in [6, 6.07) is 0. The van der Waals surface area contributed by atoms with Crippen LogP contribution in [0.3, 0.4) is 0 Å². The molecule has 0 amide bonds. The molecular formula is C12H20N2. The monoisotopic (exact) mass is 192 g/mol. The lowest BCUT2D eigenvalue weighted by atomic mass is 10.3. The number of aliphatic imine (C=N–C) groups is 1. The SMILES string of the molecule is C=NC(=C)/C=C\C(=C/C)N(CC)CC. The first-order valence-corrected chi connectivity index (χ1v) is 4.94. The topological polar surface area (TPSA) is 15.6 Å². The molecular weight excluding hydrogens is 172 g/mol. The fourth-order valence-electron chi connectivity index (χ4n) is 1.21. The first-order valence-electron chi connectivity index (χ1n) is 4.94. The third kappa shape index (κ3) is 4.08. The Balaban J connectivity index is 4.51. The van der Waals surface area contributed by atoms with E-state index in [0.29, 0.717) is 5.70 Å². The first-order chi connectivity index (χ1) is 6.69. The van der Waals surface area contributed by atoms with E-state index in [9.17, 15) is 0 Å². The van der Waals surface area contributed by atoms with Crippen molar-refractivity contribution < 1.29 is 0 Å². The highest BCUT2D eigenvalue weighted by Gasteiger charge is 1.99. The van der Waals surface area contributed by atoms with Crippen LogP contribution in [0.25, 0.3) is 0 Å². The zero-order valence-corrected chi connectivity index (χ0v) is 9.45. The Morgan fingerprint density at radius 1 is 1.29 bits per heavy atom. The van der Waals surface area contributed by atoms with Gasteiger partial charge in [0, 0.05) is 18.8 Å². The fourth-order valence-corrected chi connectivity index (χ4v) is 1.21. The molecule has 0 saturated heterocycles. The van der Waals surface area contributed by atoms with Gasteiger partial charge in [-0.05, 0) is 39.6 Å². The molecule has 14 heavy (non-hydrogen) atoms. The zero-order chi connectivity index (χ0) is 11.0.